The summed E-state index contributed by atoms with van der Waals surface area (Å²) in [6.07, 6.45) is 2.92. The van der Waals surface area contributed by atoms with Crippen molar-refractivity contribution in [2.75, 3.05) is 12.9 Å². The van der Waals surface area contributed by atoms with Gasteiger partial charge in [0.1, 0.15) is 5.56 Å². The number of benzene rings is 1. The number of nitrogens with one attached hydrogen (secondary N) is 1. The van der Waals surface area contributed by atoms with Crippen LogP contribution in [0.3, 0.4) is 0 Å². The largest absolute Gasteiger partial charge is 0.396 e. The Balaban J connectivity index is 3.03. The molecule has 0 bridgehead atoms. The highest BCUT2D eigenvalue weighted by atomic mass is 32.2. The molecule has 7 heteroatoms. The Labute approximate surface area is 121 Å². The Morgan fingerprint density at radius 1 is 1.55 bits per heavy atom. The van der Waals surface area contributed by atoms with E-state index in [2.05, 4.69) is 5.32 Å². The first kappa shape index (κ1) is 16.5. The molecule has 0 aliphatic carbocycles. The summed E-state index contributed by atoms with van der Waals surface area (Å²) in [4.78, 5) is 23.4. The molecule has 110 valence electrons. The lowest BCUT2D eigenvalue weighted by Gasteiger charge is -2.15. The molecule has 20 heavy (non-hydrogen) atoms. The number of rotatable bonds is 7. The molecule has 6 nitrogen and oxygen atoms in total. The van der Waals surface area contributed by atoms with Crippen LogP contribution in [0, 0.1) is 10.1 Å². The summed E-state index contributed by atoms with van der Waals surface area (Å²) < 4.78 is 0. The van der Waals surface area contributed by atoms with E-state index < -0.39 is 10.8 Å². The predicted molar refractivity (Wildman–Crippen MR) is 78.1 cm³/mol. The van der Waals surface area contributed by atoms with Crippen molar-refractivity contribution in [3.05, 3.63) is 33.9 Å². The highest BCUT2D eigenvalue weighted by Gasteiger charge is 2.22. The highest BCUT2D eigenvalue weighted by Crippen LogP contribution is 2.24. The number of thioether (sulfide) groups is 1. The monoisotopic (exact) mass is 298 g/mol. The number of hydrogen-bond donors (Lipinski definition) is 2. The van der Waals surface area contributed by atoms with Crippen molar-refractivity contribution in [1.82, 2.24) is 5.32 Å². The average molecular weight is 298 g/mol. The van der Waals surface area contributed by atoms with E-state index in [0.717, 1.165) is 4.90 Å². The number of carbonyl (C=O) groups is 1. The molecule has 1 atom stereocenters. The summed E-state index contributed by atoms with van der Waals surface area (Å²) in [7, 11) is 0. The minimum atomic E-state index is -0.563. The van der Waals surface area contributed by atoms with Gasteiger partial charge >= 0.3 is 0 Å². The topological polar surface area (TPSA) is 92.5 Å². The third kappa shape index (κ3) is 4.21. The molecule has 2 N–H and O–H groups in total. The van der Waals surface area contributed by atoms with E-state index in [4.69, 9.17) is 5.11 Å². The van der Waals surface area contributed by atoms with Crippen LogP contribution in [-0.4, -0.2) is 34.8 Å². The van der Waals surface area contributed by atoms with Crippen LogP contribution in [0.15, 0.2) is 23.1 Å². The normalized spacial score (nSPS) is 11.9. The molecule has 1 amide bonds. The van der Waals surface area contributed by atoms with Gasteiger partial charge in [-0.15, -0.1) is 11.8 Å². The van der Waals surface area contributed by atoms with Crippen molar-refractivity contribution in [2.45, 2.75) is 30.7 Å². The quantitative estimate of drug-likeness (QED) is 0.457. The SMILES string of the molecule is CCC(CCO)NC(=O)c1cc(SC)ccc1[N+](=O)[O-]. The molecule has 1 unspecified atom stereocenters. The van der Waals surface area contributed by atoms with E-state index in [1.165, 1.54) is 23.9 Å². The van der Waals surface area contributed by atoms with Crippen LogP contribution in [0.5, 0.6) is 0 Å². The first-order chi connectivity index (χ1) is 9.53. The van der Waals surface area contributed by atoms with Crippen molar-refractivity contribution < 1.29 is 14.8 Å². The van der Waals surface area contributed by atoms with E-state index in [9.17, 15) is 14.9 Å². The molecule has 0 aliphatic heterocycles. The second-order valence-corrected chi connectivity index (χ2v) is 5.11. The Hall–Kier alpha value is -1.60. The molecular weight excluding hydrogens is 280 g/mol. The van der Waals surface area contributed by atoms with E-state index in [-0.39, 0.29) is 23.9 Å². The standard InChI is InChI=1S/C13H18N2O4S/c1-3-9(6-7-16)14-13(17)11-8-10(20-2)4-5-12(11)15(18)19/h4-5,8-9,16H,3,6-7H2,1-2H3,(H,14,17). The molecular formula is C13H18N2O4S. The fourth-order valence-electron chi connectivity index (χ4n) is 1.78. The van der Waals surface area contributed by atoms with Gasteiger partial charge in [0.15, 0.2) is 0 Å². The average Bonchev–Trinajstić information content (AvgIpc) is 2.45. The Morgan fingerprint density at radius 3 is 2.75 bits per heavy atom. The Kier molecular flexibility index (Phi) is 6.47. The lowest BCUT2D eigenvalue weighted by Crippen LogP contribution is -2.35. The summed E-state index contributed by atoms with van der Waals surface area (Å²) in [5, 5.41) is 22.6. The molecule has 0 heterocycles. The van der Waals surface area contributed by atoms with Gasteiger partial charge in [-0.2, -0.15) is 0 Å². The summed E-state index contributed by atoms with van der Waals surface area (Å²) in [6, 6.07) is 4.28. The zero-order chi connectivity index (χ0) is 15.1. The zero-order valence-corrected chi connectivity index (χ0v) is 12.3. The second-order valence-electron chi connectivity index (χ2n) is 4.23. The van der Waals surface area contributed by atoms with Crippen LogP contribution >= 0.6 is 11.8 Å². The van der Waals surface area contributed by atoms with Gasteiger partial charge in [0.2, 0.25) is 0 Å². The molecule has 0 fully saturated rings. The maximum absolute atomic E-state index is 12.2. The molecule has 0 aliphatic rings. The van der Waals surface area contributed by atoms with Crippen LogP contribution in [-0.2, 0) is 0 Å². The lowest BCUT2D eigenvalue weighted by molar-refractivity contribution is -0.385. The molecule has 1 rings (SSSR count). The fourth-order valence-corrected chi connectivity index (χ4v) is 2.22. The van der Waals surface area contributed by atoms with Crippen molar-refractivity contribution in [3.8, 4) is 0 Å². The Morgan fingerprint density at radius 2 is 2.25 bits per heavy atom. The first-order valence-electron chi connectivity index (χ1n) is 6.27. The predicted octanol–water partition coefficient (Wildman–Crippen LogP) is 2.21. The van der Waals surface area contributed by atoms with Crippen LogP contribution in [0.2, 0.25) is 0 Å². The zero-order valence-electron chi connectivity index (χ0n) is 11.5. The summed E-state index contributed by atoms with van der Waals surface area (Å²) in [5.41, 5.74) is -0.155. The molecule has 1 aromatic rings. The maximum atomic E-state index is 12.2. The number of aliphatic hydroxyl groups is 1. The molecule has 0 spiro atoms. The van der Waals surface area contributed by atoms with Crippen LogP contribution in [0.4, 0.5) is 5.69 Å². The van der Waals surface area contributed by atoms with Gasteiger partial charge in [-0.3, -0.25) is 14.9 Å². The van der Waals surface area contributed by atoms with Crippen molar-refractivity contribution in [1.29, 1.82) is 0 Å². The van der Waals surface area contributed by atoms with E-state index in [1.807, 2.05) is 13.2 Å². The van der Waals surface area contributed by atoms with Crippen LogP contribution in [0.25, 0.3) is 0 Å². The number of nitro groups is 1. The van der Waals surface area contributed by atoms with Gasteiger partial charge in [0, 0.05) is 23.6 Å². The van der Waals surface area contributed by atoms with Gasteiger partial charge < -0.3 is 10.4 Å². The van der Waals surface area contributed by atoms with Crippen molar-refractivity contribution in [3.63, 3.8) is 0 Å². The summed E-state index contributed by atoms with van der Waals surface area (Å²) in [5.74, 6) is -0.479. The molecule has 0 saturated carbocycles. The van der Waals surface area contributed by atoms with Crippen molar-refractivity contribution in [2.24, 2.45) is 0 Å². The van der Waals surface area contributed by atoms with Gasteiger partial charge in [-0.25, -0.2) is 0 Å². The fraction of sp³-hybridized carbons (Fsp3) is 0.462. The smallest absolute Gasteiger partial charge is 0.282 e. The van der Waals surface area contributed by atoms with Gasteiger partial charge in [-0.05, 0) is 31.2 Å². The molecule has 1 aromatic carbocycles. The number of nitro benzene ring substituents is 1. The minimum Gasteiger partial charge on any atom is -0.396 e. The maximum Gasteiger partial charge on any atom is 0.282 e. The summed E-state index contributed by atoms with van der Waals surface area (Å²) in [6.45, 7) is 1.85. The highest BCUT2D eigenvalue weighted by molar-refractivity contribution is 7.98. The number of aliphatic hydroxyl groups excluding tert-OH is 1. The third-order valence-electron chi connectivity index (χ3n) is 2.95. The minimum absolute atomic E-state index is 0.0360. The van der Waals surface area contributed by atoms with Gasteiger partial charge in [0.25, 0.3) is 11.6 Å². The lowest BCUT2D eigenvalue weighted by atomic mass is 10.1. The number of amides is 1. The number of nitrogens with zero attached hydrogens (tertiary/aromatic N) is 1. The van der Waals surface area contributed by atoms with E-state index in [1.54, 1.807) is 6.07 Å². The summed E-state index contributed by atoms with van der Waals surface area (Å²) >= 11 is 1.41. The number of carbonyl (C=O) groups excluding carboxylic acids is 1. The van der Waals surface area contributed by atoms with Crippen LogP contribution in [0.1, 0.15) is 30.1 Å². The first-order valence-corrected chi connectivity index (χ1v) is 7.50. The molecule has 0 saturated heterocycles. The van der Waals surface area contributed by atoms with Crippen LogP contribution < -0.4 is 5.32 Å². The van der Waals surface area contributed by atoms with Gasteiger partial charge in [0.05, 0.1) is 4.92 Å². The van der Waals surface area contributed by atoms with Crippen molar-refractivity contribution >= 4 is 23.4 Å². The molecule has 0 radical (unpaired) electrons. The van der Waals surface area contributed by atoms with Gasteiger partial charge in [-0.1, -0.05) is 6.92 Å². The third-order valence-corrected chi connectivity index (χ3v) is 3.68. The molecule has 0 aromatic heterocycles. The number of hydrogen-bond acceptors (Lipinski definition) is 5. The Bertz CT molecular complexity index is 493. The second kappa shape index (κ2) is 7.86. The van der Waals surface area contributed by atoms with E-state index in [0.29, 0.717) is 12.8 Å². The van der Waals surface area contributed by atoms with E-state index >= 15 is 0 Å².